The molecule has 0 bridgehead atoms. The van der Waals surface area contributed by atoms with E-state index in [-0.39, 0.29) is 5.54 Å². The highest BCUT2D eigenvalue weighted by atomic mass is 15.2. The molecular weight excluding hydrogens is 184 g/mol. The highest BCUT2D eigenvalue weighted by Gasteiger charge is 2.33. The Hall–Kier alpha value is -0.0800. The lowest BCUT2D eigenvalue weighted by molar-refractivity contribution is 0.0619. The van der Waals surface area contributed by atoms with E-state index in [9.17, 15) is 0 Å². The van der Waals surface area contributed by atoms with Crippen LogP contribution in [0.2, 0.25) is 0 Å². The minimum atomic E-state index is 0.0807. The standard InChI is InChI=1S/C13H28N2/c1-5-6-7-12(2,3)15-10-8-13(4,14)9-11-15/h5-11,14H2,1-4H3. The fourth-order valence-electron chi connectivity index (χ4n) is 2.39. The molecule has 1 fully saturated rings. The van der Waals surface area contributed by atoms with Crippen molar-refractivity contribution in [3.63, 3.8) is 0 Å². The number of unbranched alkanes of at least 4 members (excludes halogenated alkanes) is 1. The van der Waals surface area contributed by atoms with Crippen molar-refractivity contribution in [3.05, 3.63) is 0 Å². The van der Waals surface area contributed by atoms with Crippen LogP contribution in [0, 0.1) is 0 Å². The Morgan fingerprint density at radius 3 is 2.27 bits per heavy atom. The van der Waals surface area contributed by atoms with Gasteiger partial charge in [0.05, 0.1) is 0 Å². The summed E-state index contributed by atoms with van der Waals surface area (Å²) in [5.41, 5.74) is 6.61. The Morgan fingerprint density at radius 1 is 1.27 bits per heavy atom. The summed E-state index contributed by atoms with van der Waals surface area (Å²) in [5, 5.41) is 0. The molecule has 1 heterocycles. The van der Waals surface area contributed by atoms with Gasteiger partial charge in [0.1, 0.15) is 0 Å². The smallest absolute Gasteiger partial charge is 0.0153 e. The van der Waals surface area contributed by atoms with Gasteiger partial charge in [0.2, 0.25) is 0 Å². The van der Waals surface area contributed by atoms with Crippen LogP contribution in [-0.4, -0.2) is 29.1 Å². The van der Waals surface area contributed by atoms with Gasteiger partial charge >= 0.3 is 0 Å². The van der Waals surface area contributed by atoms with E-state index in [0.717, 1.165) is 12.8 Å². The van der Waals surface area contributed by atoms with Gasteiger partial charge in [-0.1, -0.05) is 19.8 Å². The molecule has 15 heavy (non-hydrogen) atoms. The summed E-state index contributed by atoms with van der Waals surface area (Å²) in [7, 11) is 0. The van der Waals surface area contributed by atoms with E-state index in [2.05, 4.69) is 32.6 Å². The van der Waals surface area contributed by atoms with Crippen molar-refractivity contribution in [1.82, 2.24) is 4.90 Å². The number of likely N-dealkylation sites (tertiary alicyclic amines) is 1. The maximum Gasteiger partial charge on any atom is 0.0153 e. The van der Waals surface area contributed by atoms with Crippen LogP contribution in [0.5, 0.6) is 0 Å². The minimum Gasteiger partial charge on any atom is -0.325 e. The highest BCUT2D eigenvalue weighted by Crippen LogP contribution is 2.28. The predicted molar refractivity (Wildman–Crippen MR) is 67.0 cm³/mol. The molecule has 1 saturated heterocycles. The number of nitrogens with two attached hydrogens (primary N) is 1. The molecule has 0 atom stereocenters. The lowest BCUT2D eigenvalue weighted by Gasteiger charge is -2.45. The van der Waals surface area contributed by atoms with Gasteiger partial charge in [-0.15, -0.1) is 0 Å². The zero-order chi connectivity index (χ0) is 11.5. The first-order chi connectivity index (χ1) is 6.87. The maximum atomic E-state index is 6.16. The number of hydrogen-bond donors (Lipinski definition) is 1. The fraction of sp³-hybridized carbons (Fsp3) is 1.00. The van der Waals surface area contributed by atoms with E-state index in [1.54, 1.807) is 0 Å². The average Bonchev–Trinajstić information content (AvgIpc) is 2.14. The molecule has 2 nitrogen and oxygen atoms in total. The molecule has 1 rings (SSSR count). The van der Waals surface area contributed by atoms with Gasteiger partial charge in [-0.05, 0) is 40.0 Å². The largest absolute Gasteiger partial charge is 0.325 e. The SMILES string of the molecule is CCCCC(C)(C)N1CCC(C)(N)CC1. The van der Waals surface area contributed by atoms with Crippen LogP contribution in [-0.2, 0) is 0 Å². The van der Waals surface area contributed by atoms with Crippen LogP contribution in [0.4, 0.5) is 0 Å². The molecule has 0 radical (unpaired) electrons. The molecule has 2 heteroatoms. The summed E-state index contributed by atoms with van der Waals surface area (Å²) in [6.45, 7) is 11.5. The first-order valence-electron chi connectivity index (χ1n) is 6.41. The molecule has 0 saturated carbocycles. The monoisotopic (exact) mass is 212 g/mol. The van der Waals surface area contributed by atoms with E-state index in [4.69, 9.17) is 5.73 Å². The van der Waals surface area contributed by atoms with Gasteiger partial charge < -0.3 is 5.73 Å². The quantitative estimate of drug-likeness (QED) is 0.776. The third kappa shape index (κ3) is 3.76. The topological polar surface area (TPSA) is 29.3 Å². The Balaban J connectivity index is 2.44. The van der Waals surface area contributed by atoms with E-state index in [0.29, 0.717) is 5.54 Å². The summed E-state index contributed by atoms with van der Waals surface area (Å²) in [6, 6.07) is 0. The van der Waals surface area contributed by atoms with Gasteiger partial charge in [-0.2, -0.15) is 0 Å². The second kappa shape index (κ2) is 4.84. The van der Waals surface area contributed by atoms with Crippen molar-refractivity contribution in [2.75, 3.05) is 13.1 Å². The van der Waals surface area contributed by atoms with Crippen LogP contribution in [0.1, 0.15) is 59.8 Å². The molecule has 0 aliphatic carbocycles. The van der Waals surface area contributed by atoms with Crippen LogP contribution in [0.15, 0.2) is 0 Å². The normalized spacial score (nSPS) is 23.0. The van der Waals surface area contributed by atoms with E-state index < -0.39 is 0 Å². The lowest BCUT2D eigenvalue weighted by Crippen LogP contribution is -2.54. The first kappa shape index (κ1) is 13.0. The second-order valence-electron chi connectivity index (χ2n) is 6.06. The number of rotatable bonds is 4. The van der Waals surface area contributed by atoms with Crippen LogP contribution < -0.4 is 5.73 Å². The molecule has 1 aliphatic heterocycles. The number of nitrogens with zero attached hydrogens (tertiary/aromatic N) is 1. The Bertz CT molecular complexity index is 187. The van der Waals surface area contributed by atoms with E-state index in [1.165, 1.54) is 32.4 Å². The van der Waals surface area contributed by atoms with Crippen molar-refractivity contribution in [1.29, 1.82) is 0 Å². The van der Waals surface area contributed by atoms with E-state index >= 15 is 0 Å². The highest BCUT2D eigenvalue weighted by molar-refractivity contribution is 4.91. The van der Waals surface area contributed by atoms with Gasteiger partial charge in [-0.3, -0.25) is 4.90 Å². The molecule has 0 spiro atoms. The van der Waals surface area contributed by atoms with Crippen molar-refractivity contribution in [2.45, 2.75) is 70.9 Å². The zero-order valence-corrected chi connectivity index (χ0v) is 11.0. The molecule has 0 unspecified atom stereocenters. The Kier molecular flexibility index (Phi) is 4.19. The van der Waals surface area contributed by atoms with Crippen molar-refractivity contribution in [3.8, 4) is 0 Å². The minimum absolute atomic E-state index is 0.0807. The Morgan fingerprint density at radius 2 is 1.80 bits per heavy atom. The third-order valence-electron chi connectivity index (χ3n) is 3.90. The summed E-state index contributed by atoms with van der Waals surface area (Å²) < 4.78 is 0. The molecular formula is C13H28N2. The van der Waals surface area contributed by atoms with Crippen molar-refractivity contribution >= 4 is 0 Å². The van der Waals surface area contributed by atoms with Gasteiger partial charge in [0.25, 0.3) is 0 Å². The fourth-order valence-corrected chi connectivity index (χ4v) is 2.39. The summed E-state index contributed by atoms with van der Waals surface area (Å²) in [6.07, 6.45) is 6.23. The van der Waals surface area contributed by atoms with Gasteiger partial charge in [-0.25, -0.2) is 0 Å². The van der Waals surface area contributed by atoms with Crippen LogP contribution in [0.3, 0.4) is 0 Å². The van der Waals surface area contributed by atoms with Gasteiger partial charge in [0.15, 0.2) is 0 Å². The van der Waals surface area contributed by atoms with Crippen molar-refractivity contribution < 1.29 is 0 Å². The second-order valence-corrected chi connectivity index (χ2v) is 6.06. The van der Waals surface area contributed by atoms with E-state index in [1.807, 2.05) is 0 Å². The molecule has 1 aliphatic rings. The summed E-state index contributed by atoms with van der Waals surface area (Å²) in [5.74, 6) is 0. The summed E-state index contributed by atoms with van der Waals surface area (Å²) >= 11 is 0. The first-order valence-corrected chi connectivity index (χ1v) is 6.41. The lowest BCUT2D eigenvalue weighted by atomic mass is 9.86. The number of piperidine rings is 1. The zero-order valence-electron chi connectivity index (χ0n) is 11.0. The van der Waals surface area contributed by atoms with Gasteiger partial charge in [0, 0.05) is 24.2 Å². The average molecular weight is 212 g/mol. The van der Waals surface area contributed by atoms with Crippen LogP contribution >= 0.6 is 0 Å². The summed E-state index contributed by atoms with van der Waals surface area (Å²) in [4.78, 5) is 2.62. The molecule has 0 aromatic rings. The predicted octanol–water partition coefficient (Wildman–Crippen LogP) is 2.77. The molecule has 0 amide bonds. The third-order valence-corrected chi connectivity index (χ3v) is 3.90. The Labute approximate surface area is 95.2 Å². The van der Waals surface area contributed by atoms with Crippen molar-refractivity contribution in [2.24, 2.45) is 5.73 Å². The molecule has 2 N–H and O–H groups in total. The molecule has 0 aromatic carbocycles. The van der Waals surface area contributed by atoms with Crippen LogP contribution in [0.25, 0.3) is 0 Å². The molecule has 90 valence electrons. The number of hydrogen-bond acceptors (Lipinski definition) is 2. The molecule has 0 aromatic heterocycles. The maximum absolute atomic E-state index is 6.16.